The summed E-state index contributed by atoms with van der Waals surface area (Å²) in [5, 5.41) is 6.03. The summed E-state index contributed by atoms with van der Waals surface area (Å²) in [5.74, 6) is -1.96. The maximum Gasteiger partial charge on any atom is 0.246 e. The summed E-state index contributed by atoms with van der Waals surface area (Å²) in [4.78, 5) is 0.0296. The monoisotopic (exact) mass is 301 g/mol. The van der Waals surface area contributed by atoms with E-state index in [2.05, 4.69) is 10.2 Å². The van der Waals surface area contributed by atoms with Gasteiger partial charge in [-0.1, -0.05) is 13.0 Å². The van der Waals surface area contributed by atoms with Crippen LogP contribution in [-0.4, -0.2) is 29.5 Å². The molecule has 8 heteroatoms. The van der Waals surface area contributed by atoms with Gasteiger partial charge in [0, 0.05) is 19.3 Å². The minimum atomic E-state index is -3.71. The van der Waals surface area contributed by atoms with Gasteiger partial charge < -0.3 is 0 Å². The number of nitrogens with zero attached hydrogens (tertiary/aromatic N) is 2. The normalized spacial score (nSPS) is 12.0. The Bertz CT molecular complexity index is 687. The zero-order chi connectivity index (χ0) is 14.8. The summed E-state index contributed by atoms with van der Waals surface area (Å²) in [6.07, 6.45) is 2.46. The van der Waals surface area contributed by atoms with Gasteiger partial charge in [0.25, 0.3) is 0 Å². The number of sulfonamides is 1. The van der Waals surface area contributed by atoms with E-state index < -0.39 is 21.7 Å². The molecule has 5 nitrogen and oxygen atoms in total. The molecule has 0 fully saturated rings. The van der Waals surface area contributed by atoms with Gasteiger partial charge in [-0.25, -0.2) is 17.2 Å². The molecule has 0 saturated heterocycles. The number of benzene rings is 1. The van der Waals surface area contributed by atoms with E-state index in [1.165, 1.54) is 18.5 Å². The van der Waals surface area contributed by atoms with Crippen molar-refractivity contribution in [3.05, 3.63) is 47.8 Å². The van der Waals surface area contributed by atoms with Crippen LogP contribution in [0.25, 0.3) is 0 Å². The quantitative estimate of drug-likeness (QED) is 0.917. The van der Waals surface area contributed by atoms with Crippen molar-refractivity contribution >= 4 is 10.0 Å². The van der Waals surface area contributed by atoms with Crippen LogP contribution in [0.1, 0.15) is 12.5 Å². The molecule has 1 aromatic carbocycles. The number of halogens is 2. The fourth-order valence-corrected chi connectivity index (χ4v) is 3.08. The topological polar surface area (TPSA) is 66.1 Å². The minimum Gasteiger partial charge on any atom is -0.284 e. The van der Waals surface area contributed by atoms with Gasteiger partial charge in [-0.2, -0.15) is 9.40 Å². The van der Waals surface area contributed by atoms with E-state index in [4.69, 9.17) is 0 Å². The Kier molecular flexibility index (Phi) is 4.15. The molecule has 2 rings (SSSR count). The highest BCUT2D eigenvalue weighted by atomic mass is 32.2. The molecule has 0 aliphatic heterocycles. The molecule has 0 saturated carbocycles. The summed E-state index contributed by atoms with van der Waals surface area (Å²) in [6, 6.07) is 3.32. The first-order chi connectivity index (χ1) is 9.45. The Morgan fingerprint density at radius 2 is 2.05 bits per heavy atom. The van der Waals surface area contributed by atoms with E-state index in [0.29, 0.717) is 5.56 Å². The van der Waals surface area contributed by atoms with Gasteiger partial charge in [-0.05, 0) is 17.7 Å². The number of hydrogen-bond donors (Lipinski definition) is 1. The van der Waals surface area contributed by atoms with E-state index in [1.807, 2.05) is 0 Å². The van der Waals surface area contributed by atoms with E-state index in [-0.39, 0.29) is 18.0 Å². The standard InChI is InChI=1S/C12H13F2N3O2S/c1-2-17(20(18,19)10-6-15-16-7-10)8-9-3-4-11(13)12(14)5-9/h3-7H,2,8H2,1H3,(H,15,16). The lowest BCUT2D eigenvalue weighted by Gasteiger charge is -2.19. The maximum atomic E-state index is 13.1. The molecule has 108 valence electrons. The van der Waals surface area contributed by atoms with Crippen molar-refractivity contribution < 1.29 is 17.2 Å². The van der Waals surface area contributed by atoms with Crippen molar-refractivity contribution in [3.63, 3.8) is 0 Å². The number of H-pyrrole nitrogens is 1. The van der Waals surface area contributed by atoms with Gasteiger partial charge in [-0.3, -0.25) is 5.10 Å². The molecule has 0 aliphatic carbocycles. The molecule has 0 amide bonds. The second-order valence-corrected chi connectivity index (χ2v) is 6.05. The lowest BCUT2D eigenvalue weighted by Crippen LogP contribution is -2.30. The third-order valence-electron chi connectivity index (χ3n) is 2.81. The van der Waals surface area contributed by atoms with E-state index >= 15 is 0 Å². The molecule has 0 radical (unpaired) electrons. The predicted molar refractivity (Wildman–Crippen MR) is 68.2 cm³/mol. The Labute approximate surface area is 115 Å². The lowest BCUT2D eigenvalue weighted by molar-refractivity contribution is 0.421. The molecular weight excluding hydrogens is 288 g/mol. The van der Waals surface area contributed by atoms with Crippen molar-refractivity contribution in [2.75, 3.05) is 6.54 Å². The van der Waals surface area contributed by atoms with Crippen LogP contribution < -0.4 is 0 Å². The molecule has 20 heavy (non-hydrogen) atoms. The van der Waals surface area contributed by atoms with Crippen LogP contribution in [0.2, 0.25) is 0 Å². The zero-order valence-corrected chi connectivity index (χ0v) is 11.5. The smallest absolute Gasteiger partial charge is 0.246 e. The average molecular weight is 301 g/mol. The van der Waals surface area contributed by atoms with E-state index in [0.717, 1.165) is 16.4 Å². The molecule has 1 N–H and O–H groups in total. The minimum absolute atomic E-state index is 0.0296. The highest BCUT2D eigenvalue weighted by molar-refractivity contribution is 7.89. The molecule has 0 unspecified atom stereocenters. The van der Waals surface area contributed by atoms with Crippen LogP contribution in [-0.2, 0) is 16.6 Å². The first-order valence-electron chi connectivity index (χ1n) is 5.88. The van der Waals surface area contributed by atoms with Crippen LogP contribution in [0, 0.1) is 11.6 Å². The van der Waals surface area contributed by atoms with Gasteiger partial charge in [0.2, 0.25) is 10.0 Å². The van der Waals surface area contributed by atoms with Crippen molar-refractivity contribution in [3.8, 4) is 0 Å². The van der Waals surface area contributed by atoms with E-state index in [9.17, 15) is 17.2 Å². The number of aromatic amines is 1. The predicted octanol–water partition coefficient (Wildman–Crippen LogP) is 1.90. The van der Waals surface area contributed by atoms with Gasteiger partial charge in [0.15, 0.2) is 11.6 Å². The second kappa shape index (κ2) is 5.68. The van der Waals surface area contributed by atoms with E-state index in [1.54, 1.807) is 6.92 Å². The highest BCUT2D eigenvalue weighted by Crippen LogP contribution is 2.18. The average Bonchev–Trinajstić information content (AvgIpc) is 2.94. The van der Waals surface area contributed by atoms with Crippen LogP contribution in [0.3, 0.4) is 0 Å². The van der Waals surface area contributed by atoms with Crippen molar-refractivity contribution in [2.45, 2.75) is 18.4 Å². The molecule has 0 atom stereocenters. The van der Waals surface area contributed by atoms with Crippen LogP contribution in [0.15, 0.2) is 35.5 Å². The Morgan fingerprint density at radius 1 is 1.30 bits per heavy atom. The molecular formula is C12H13F2N3O2S. The lowest BCUT2D eigenvalue weighted by atomic mass is 10.2. The molecule has 1 aromatic heterocycles. The van der Waals surface area contributed by atoms with Crippen LogP contribution in [0.5, 0.6) is 0 Å². The first-order valence-corrected chi connectivity index (χ1v) is 7.32. The second-order valence-electron chi connectivity index (χ2n) is 4.11. The van der Waals surface area contributed by atoms with Crippen molar-refractivity contribution in [1.82, 2.24) is 14.5 Å². The van der Waals surface area contributed by atoms with Gasteiger partial charge in [0.1, 0.15) is 4.90 Å². The number of aromatic nitrogens is 2. The Hall–Kier alpha value is -1.80. The van der Waals surface area contributed by atoms with Crippen molar-refractivity contribution in [1.29, 1.82) is 0 Å². The fraction of sp³-hybridized carbons (Fsp3) is 0.250. The zero-order valence-electron chi connectivity index (χ0n) is 10.7. The molecule has 0 aliphatic rings. The summed E-state index contributed by atoms with van der Waals surface area (Å²) in [5.41, 5.74) is 0.373. The summed E-state index contributed by atoms with van der Waals surface area (Å²) >= 11 is 0. The summed E-state index contributed by atoms with van der Waals surface area (Å²) in [7, 11) is -3.71. The van der Waals surface area contributed by atoms with Crippen LogP contribution in [0.4, 0.5) is 8.78 Å². The van der Waals surface area contributed by atoms with Gasteiger partial charge in [0.05, 0.1) is 6.20 Å². The fourth-order valence-electron chi connectivity index (χ4n) is 1.74. The third kappa shape index (κ3) is 2.86. The number of nitrogens with one attached hydrogen (secondary N) is 1. The number of hydrogen-bond acceptors (Lipinski definition) is 3. The number of rotatable bonds is 5. The Balaban J connectivity index is 2.27. The van der Waals surface area contributed by atoms with Crippen molar-refractivity contribution in [2.24, 2.45) is 0 Å². The SMILES string of the molecule is CCN(Cc1ccc(F)c(F)c1)S(=O)(=O)c1cn[nH]c1. The summed E-state index contributed by atoms with van der Waals surface area (Å²) in [6.45, 7) is 1.82. The highest BCUT2D eigenvalue weighted by Gasteiger charge is 2.24. The molecule has 1 heterocycles. The largest absolute Gasteiger partial charge is 0.284 e. The molecule has 2 aromatic rings. The molecule has 0 spiro atoms. The Morgan fingerprint density at radius 3 is 2.60 bits per heavy atom. The molecule has 0 bridgehead atoms. The summed E-state index contributed by atoms with van der Waals surface area (Å²) < 4.78 is 51.7. The van der Waals surface area contributed by atoms with Gasteiger partial charge >= 0.3 is 0 Å². The van der Waals surface area contributed by atoms with Crippen LogP contribution >= 0.6 is 0 Å². The maximum absolute atomic E-state index is 13.1. The first kappa shape index (κ1) is 14.6. The van der Waals surface area contributed by atoms with Gasteiger partial charge in [-0.15, -0.1) is 0 Å². The third-order valence-corrected chi connectivity index (χ3v) is 4.69.